The van der Waals surface area contributed by atoms with E-state index < -0.39 is 0 Å². The Bertz CT molecular complexity index is 498. The lowest BCUT2D eigenvalue weighted by molar-refractivity contribution is 0.728. The second kappa shape index (κ2) is 5.21. The third-order valence-electron chi connectivity index (χ3n) is 2.72. The van der Waals surface area contributed by atoms with Crippen molar-refractivity contribution in [1.82, 2.24) is 0 Å². The Labute approximate surface area is 111 Å². The van der Waals surface area contributed by atoms with E-state index >= 15 is 0 Å². The molecule has 0 amide bonds. The van der Waals surface area contributed by atoms with Gasteiger partial charge in [0.15, 0.2) is 0 Å². The number of hydrogen-bond donors (Lipinski definition) is 1. The van der Waals surface area contributed by atoms with Gasteiger partial charge in [-0.1, -0.05) is 40.9 Å². The van der Waals surface area contributed by atoms with Crippen LogP contribution >= 0.6 is 22.9 Å². The van der Waals surface area contributed by atoms with Crippen LogP contribution in [0, 0.1) is 13.8 Å². The molecule has 0 fully saturated rings. The van der Waals surface area contributed by atoms with Gasteiger partial charge >= 0.3 is 0 Å². The summed E-state index contributed by atoms with van der Waals surface area (Å²) in [5, 5.41) is 0. The van der Waals surface area contributed by atoms with Crippen molar-refractivity contribution in [3.63, 3.8) is 0 Å². The minimum atomic E-state index is 0.0447. The molecule has 1 aromatic heterocycles. The van der Waals surface area contributed by atoms with E-state index in [9.17, 15) is 0 Å². The fraction of sp³-hybridized carbons (Fsp3) is 0.286. The second-order valence-corrected chi connectivity index (χ2v) is 6.24. The van der Waals surface area contributed by atoms with E-state index in [-0.39, 0.29) is 6.04 Å². The molecular formula is C14H16ClNS. The largest absolute Gasteiger partial charge is 0.324 e. The van der Waals surface area contributed by atoms with Crippen LogP contribution in [-0.4, -0.2) is 0 Å². The van der Waals surface area contributed by atoms with Crippen LogP contribution in [0.4, 0.5) is 0 Å². The van der Waals surface area contributed by atoms with Gasteiger partial charge < -0.3 is 5.73 Å². The van der Waals surface area contributed by atoms with Crippen LogP contribution in [0.3, 0.4) is 0 Å². The van der Waals surface area contributed by atoms with E-state index in [1.54, 1.807) is 11.3 Å². The van der Waals surface area contributed by atoms with Gasteiger partial charge in [-0.05, 0) is 31.5 Å². The van der Waals surface area contributed by atoms with Gasteiger partial charge in [-0.3, -0.25) is 0 Å². The number of benzene rings is 1. The Morgan fingerprint density at radius 3 is 2.35 bits per heavy atom. The zero-order chi connectivity index (χ0) is 12.4. The fourth-order valence-corrected chi connectivity index (χ4v) is 3.17. The summed E-state index contributed by atoms with van der Waals surface area (Å²) in [6.07, 6.45) is 0.848. The van der Waals surface area contributed by atoms with Crippen molar-refractivity contribution in [2.75, 3.05) is 0 Å². The van der Waals surface area contributed by atoms with Crippen molar-refractivity contribution in [1.29, 1.82) is 0 Å². The lowest BCUT2D eigenvalue weighted by Gasteiger charge is -2.12. The van der Waals surface area contributed by atoms with Crippen LogP contribution in [0.2, 0.25) is 4.34 Å². The molecule has 0 bridgehead atoms. The molecule has 3 heteroatoms. The van der Waals surface area contributed by atoms with Gasteiger partial charge in [0.2, 0.25) is 0 Å². The van der Waals surface area contributed by atoms with Gasteiger partial charge in [-0.25, -0.2) is 0 Å². The van der Waals surface area contributed by atoms with Crippen LogP contribution in [0.1, 0.15) is 27.6 Å². The van der Waals surface area contributed by atoms with Crippen molar-refractivity contribution in [2.24, 2.45) is 5.73 Å². The van der Waals surface area contributed by atoms with Gasteiger partial charge in [0, 0.05) is 17.3 Å². The van der Waals surface area contributed by atoms with Crippen molar-refractivity contribution < 1.29 is 0 Å². The first-order valence-electron chi connectivity index (χ1n) is 5.62. The number of halogens is 1. The van der Waals surface area contributed by atoms with Gasteiger partial charge in [0.1, 0.15) is 0 Å². The highest BCUT2D eigenvalue weighted by molar-refractivity contribution is 7.16. The van der Waals surface area contributed by atoms with E-state index in [4.69, 9.17) is 17.3 Å². The molecule has 0 spiro atoms. The minimum absolute atomic E-state index is 0.0447. The molecule has 0 aliphatic carbocycles. The minimum Gasteiger partial charge on any atom is -0.324 e. The van der Waals surface area contributed by atoms with Crippen molar-refractivity contribution >= 4 is 22.9 Å². The third-order valence-corrected chi connectivity index (χ3v) is 3.98. The fourth-order valence-electron chi connectivity index (χ4n) is 2.02. The molecule has 0 saturated carbocycles. The molecule has 0 saturated heterocycles. The maximum absolute atomic E-state index is 6.24. The summed E-state index contributed by atoms with van der Waals surface area (Å²) in [4.78, 5) is 1.24. The van der Waals surface area contributed by atoms with Gasteiger partial charge in [-0.2, -0.15) is 0 Å². The molecule has 2 N–H and O–H groups in total. The normalized spacial score (nSPS) is 12.7. The Balaban J connectivity index is 2.16. The van der Waals surface area contributed by atoms with E-state index in [0.717, 1.165) is 10.8 Å². The summed E-state index contributed by atoms with van der Waals surface area (Å²) in [5.41, 5.74) is 9.97. The van der Waals surface area contributed by atoms with Crippen molar-refractivity contribution in [3.8, 4) is 0 Å². The van der Waals surface area contributed by atoms with E-state index in [1.165, 1.54) is 21.6 Å². The van der Waals surface area contributed by atoms with Gasteiger partial charge in [-0.15, -0.1) is 11.3 Å². The smallest absolute Gasteiger partial charge is 0.0931 e. The molecule has 90 valence electrons. The molecular weight excluding hydrogens is 250 g/mol. The zero-order valence-corrected chi connectivity index (χ0v) is 11.6. The standard InChI is InChI=1S/C14H16ClNS/c1-9-5-10(2)7-11(6-9)13(16)8-12-3-4-14(15)17-12/h3-7,13H,8,16H2,1-2H3. The van der Waals surface area contributed by atoms with E-state index in [1.807, 2.05) is 6.07 Å². The van der Waals surface area contributed by atoms with Gasteiger partial charge in [0.05, 0.1) is 4.34 Å². The SMILES string of the molecule is Cc1cc(C)cc(C(N)Cc2ccc(Cl)s2)c1. The van der Waals surface area contributed by atoms with Gasteiger partial charge in [0.25, 0.3) is 0 Å². The molecule has 1 nitrogen and oxygen atoms in total. The number of rotatable bonds is 3. The molecule has 0 radical (unpaired) electrons. The number of aryl methyl sites for hydroxylation is 2. The van der Waals surface area contributed by atoms with Crippen LogP contribution in [0.25, 0.3) is 0 Å². The molecule has 1 aromatic carbocycles. The summed E-state index contributed by atoms with van der Waals surface area (Å²) >= 11 is 7.52. The van der Waals surface area contributed by atoms with Crippen molar-refractivity contribution in [3.05, 3.63) is 56.2 Å². The highest BCUT2D eigenvalue weighted by atomic mass is 35.5. The number of nitrogens with two attached hydrogens (primary N) is 1. The molecule has 0 aliphatic rings. The molecule has 1 atom stereocenters. The Kier molecular flexibility index (Phi) is 3.87. The summed E-state index contributed by atoms with van der Waals surface area (Å²) < 4.78 is 0.827. The predicted octanol–water partition coefficient (Wildman–Crippen LogP) is 4.26. The molecule has 17 heavy (non-hydrogen) atoms. The summed E-state index contributed by atoms with van der Waals surface area (Å²) in [6, 6.07) is 10.5. The maximum Gasteiger partial charge on any atom is 0.0931 e. The Hall–Kier alpha value is -0.830. The molecule has 2 rings (SSSR count). The maximum atomic E-state index is 6.24. The molecule has 0 aliphatic heterocycles. The first-order valence-corrected chi connectivity index (χ1v) is 6.82. The van der Waals surface area contributed by atoms with Crippen LogP contribution in [0.15, 0.2) is 30.3 Å². The first-order chi connectivity index (χ1) is 8.04. The Morgan fingerprint density at radius 2 is 1.82 bits per heavy atom. The summed E-state index contributed by atoms with van der Waals surface area (Å²) in [6.45, 7) is 4.20. The zero-order valence-electron chi connectivity index (χ0n) is 10.0. The summed E-state index contributed by atoms with van der Waals surface area (Å²) in [5.74, 6) is 0. The second-order valence-electron chi connectivity index (χ2n) is 4.44. The number of thiophene rings is 1. The first kappa shape index (κ1) is 12.6. The number of hydrogen-bond acceptors (Lipinski definition) is 2. The van der Waals surface area contributed by atoms with Crippen LogP contribution in [0.5, 0.6) is 0 Å². The highest BCUT2D eigenvalue weighted by Gasteiger charge is 2.09. The average Bonchev–Trinajstić information content (AvgIpc) is 2.62. The molecule has 2 aromatic rings. The average molecular weight is 266 g/mol. The topological polar surface area (TPSA) is 26.0 Å². The monoisotopic (exact) mass is 265 g/mol. The summed E-state index contributed by atoms with van der Waals surface area (Å²) in [7, 11) is 0. The van der Waals surface area contributed by atoms with Crippen LogP contribution in [-0.2, 0) is 6.42 Å². The van der Waals surface area contributed by atoms with Crippen molar-refractivity contribution in [2.45, 2.75) is 26.3 Å². The molecule has 1 heterocycles. The van der Waals surface area contributed by atoms with E-state index in [2.05, 4.69) is 38.1 Å². The van der Waals surface area contributed by atoms with E-state index in [0.29, 0.717) is 0 Å². The van der Waals surface area contributed by atoms with Crippen LogP contribution < -0.4 is 5.73 Å². The molecule has 1 unspecified atom stereocenters. The third kappa shape index (κ3) is 3.32. The highest BCUT2D eigenvalue weighted by Crippen LogP contribution is 2.26. The Morgan fingerprint density at radius 1 is 1.18 bits per heavy atom. The quantitative estimate of drug-likeness (QED) is 0.882. The lowest BCUT2D eigenvalue weighted by Crippen LogP contribution is -2.13. The lowest BCUT2D eigenvalue weighted by atomic mass is 9.99. The predicted molar refractivity (Wildman–Crippen MR) is 75.9 cm³/mol.